The lowest BCUT2D eigenvalue weighted by molar-refractivity contribution is -0.255. The average Bonchev–Trinajstić information content (AvgIpc) is 2.51. The van der Waals surface area contributed by atoms with Crippen molar-refractivity contribution in [3.63, 3.8) is 0 Å². The smallest absolute Gasteiger partial charge is 0.120 e. The third-order valence-electron chi connectivity index (χ3n) is 2.86. The van der Waals surface area contributed by atoms with Gasteiger partial charge in [0.15, 0.2) is 0 Å². The first-order valence-electron chi connectivity index (χ1n) is 6.57. The van der Waals surface area contributed by atoms with E-state index in [1.807, 2.05) is 30.3 Å². The maximum Gasteiger partial charge on any atom is 0.120 e. The van der Waals surface area contributed by atoms with Crippen LogP contribution in [0.1, 0.15) is 15.9 Å². The molecule has 2 aromatic carbocycles. The molecule has 0 atom stereocenters. The topological polar surface area (TPSA) is 61.4 Å². The van der Waals surface area contributed by atoms with Crippen LogP contribution < -0.4 is 15.2 Å². The number of rotatable bonds is 7. The van der Waals surface area contributed by atoms with Gasteiger partial charge in [0.05, 0.1) is 5.97 Å². The minimum atomic E-state index is -1.18. The molecule has 0 amide bonds. The number of aromatic carboxylic acids is 1. The summed E-state index contributed by atoms with van der Waals surface area (Å²) in [6, 6.07) is 14.2. The van der Waals surface area contributed by atoms with E-state index in [9.17, 15) is 9.90 Å². The van der Waals surface area contributed by atoms with Crippen molar-refractivity contribution >= 4 is 11.7 Å². The summed E-state index contributed by atoms with van der Waals surface area (Å²) in [5.41, 5.74) is 1.92. The Labute approximate surface area is 123 Å². The number of anilines is 1. The van der Waals surface area contributed by atoms with Crippen LogP contribution in [0.4, 0.5) is 5.69 Å². The molecular weight excluding hydrogens is 266 g/mol. The maximum absolute atomic E-state index is 10.8. The Morgan fingerprint density at radius 3 is 2.81 bits per heavy atom. The van der Waals surface area contributed by atoms with Gasteiger partial charge in [-0.1, -0.05) is 36.9 Å². The first kappa shape index (κ1) is 14.7. The Hall–Kier alpha value is -2.75. The molecule has 0 saturated heterocycles. The van der Waals surface area contributed by atoms with Gasteiger partial charge >= 0.3 is 0 Å². The summed E-state index contributed by atoms with van der Waals surface area (Å²) in [5, 5.41) is 14.0. The SMILES string of the molecule is C=CCOc1cccc(CNc2cccc(C(=O)[O-])c2)c1. The third kappa shape index (κ3) is 4.38. The normalized spacial score (nSPS) is 9.90. The highest BCUT2D eigenvalue weighted by molar-refractivity contribution is 5.87. The third-order valence-corrected chi connectivity index (χ3v) is 2.86. The summed E-state index contributed by atoms with van der Waals surface area (Å²) in [7, 11) is 0. The summed E-state index contributed by atoms with van der Waals surface area (Å²) in [5.74, 6) is -0.406. The van der Waals surface area contributed by atoms with Crippen LogP contribution in [0.2, 0.25) is 0 Å². The van der Waals surface area contributed by atoms with Crippen LogP contribution in [-0.4, -0.2) is 12.6 Å². The van der Waals surface area contributed by atoms with Crippen molar-refractivity contribution in [2.45, 2.75) is 6.54 Å². The molecule has 2 aromatic rings. The van der Waals surface area contributed by atoms with Crippen LogP contribution in [0.15, 0.2) is 61.2 Å². The van der Waals surface area contributed by atoms with E-state index in [1.165, 1.54) is 6.07 Å². The maximum atomic E-state index is 10.8. The van der Waals surface area contributed by atoms with Crippen LogP contribution in [0, 0.1) is 0 Å². The second-order valence-corrected chi connectivity index (χ2v) is 4.47. The van der Waals surface area contributed by atoms with E-state index < -0.39 is 5.97 Å². The van der Waals surface area contributed by atoms with E-state index in [-0.39, 0.29) is 5.56 Å². The summed E-state index contributed by atoms with van der Waals surface area (Å²) < 4.78 is 5.47. The second-order valence-electron chi connectivity index (χ2n) is 4.47. The molecule has 0 unspecified atom stereocenters. The van der Waals surface area contributed by atoms with Gasteiger partial charge in [0, 0.05) is 12.2 Å². The van der Waals surface area contributed by atoms with E-state index in [4.69, 9.17) is 4.74 Å². The van der Waals surface area contributed by atoms with Crippen LogP contribution >= 0.6 is 0 Å². The Bertz CT molecular complexity index is 637. The van der Waals surface area contributed by atoms with Crippen molar-refractivity contribution in [3.8, 4) is 5.75 Å². The first-order valence-corrected chi connectivity index (χ1v) is 6.57. The van der Waals surface area contributed by atoms with Crippen molar-refractivity contribution in [2.75, 3.05) is 11.9 Å². The standard InChI is InChI=1S/C17H17NO3/c1-2-9-21-16-8-3-5-13(10-16)12-18-15-7-4-6-14(11-15)17(19)20/h2-8,10-11,18H,1,9,12H2,(H,19,20)/p-1. The number of benzene rings is 2. The number of ether oxygens (including phenoxy) is 1. The molecule has 0 saturated carbocycles. The molecule has 0 radical (unpaired) electrons. The van der Waals surface area contributed by atoms with Crippen molar-refractivity contribution in [1.29, 1.82) is 0 Å². The predicted molar refractivity (Wildman–Crippen MR) is 80.2 cm³/mol. The van der Waals surface area contributed by atoms with Crippen molar-refractivity contribution < 1.29 is 14.6 Å². The lowest BCUT2D eigenvalue weighted by atomic mass is 10.2. The van der Waals surface area contributed by atoms with Gasteiger partial charge in [-0.15, -0.1) is 0 Å². The quantitative estimate of drug-likeness (QED) is 0.791. The molecule has 108 valence electrons. The number of hydrogen-bond donors (Lipinski definition) is 1. The average molecular weight is 282 g/mol. The van der Waals surface area contributed by atoms with Gasteiger partial charge in [-0.25, -0.2) is 0 Å². The lowest BCUT2D eigenvalue weighted by Crippen LogP contribution is -2.22. The van der Waals surface area contributed by atoms with Gasteiger partial charge in [0.2, 0.25) is 0 Å². The molecule has 4 heteroatoms. The molecule has 1 N–H and O–H groups in total. The molecule has 2 rings (SSSR count). The van der Waals surface area contributed by atoms with E-state index in [0.717, 1.165) is 17.0 Å². The largest absolute Gasteiger partial charge is 0.545 e. The molecule has 21 heavy (non-hydrogen) atoms. The van der Waals surface area contributed by atoms with Gasteiger partial charge in [-0.3, -0.25) is 0 Å². The zero-order valence-electron chi connectivity index (χ0n) is 11.5. The van der Waals surface area contributed by atoms with E-state index in [2.05, 4.69) is 11.9 Å². The fourth-order valence-corrected chi connectivity index (χ4v) is 1.86. The molecule has 0 fully saturated rings. The minimum absolute atomic E-state index is 0.156. The van der Waals surface area contributed by atoms with Gasteiger partial charge in [0.1, 0.15) is 12.4 Å². The molecule has 0 aromatic heterocycles. The lowest BCUT2D eigenvalue weighted by Gasteiger charge is -2.10. The van der Waals surface area contributed by atoms with Crippen LogP contribution in [0.25, 0.3) is 0 Å². The molecule has 0 aliphatic heterocycles. The number of carbonyl (C=O) groups excluding carboxylic acids is 1. The van der Waals surface area contributed by atoms with E-state index in [0.29, 0.717) is 13.2 Å². The van der Waals surface area contributed by atoms with E-state index in [1.54, 1.807) is 18.2 Å². The van der Waals surface area contributed by atoms with Crippen molar-refractivity contribution in [2.24, 2.45) is 0 Å². The molecule has 0 bridgehead atoms. The molecule has 0 aliphatic carbocycles. The number of carboxylic acid groups (broad SMARTS) is 1. The molecule has 0 heterocycles. The molecule has 0 aliphatic rings. The minimum Gasteiger partial charge on any atom is -0.545 e. The van der Waals surface area contributed by atoms with Gasteiger partial charge in [0.25, 0.3) is 0 Å². The van der Waals surface area contributed by atoms with Crippen LogP contribution in [-0.2, 0) is 6.54 Å². The summed E-state index contributed by atoms with van der Waals surface area (Å²) in [6.45, 7) is 4.64. The summed E-state index contributed by atoms with van der Waals surface area (Å²) in [4.78, 5) is 10.8. The Morgan fingerprint density at radius 1 is 1.24 bits per heavy atom. The zero-order valence-corrected chi connectivity index (χ0v) is 11.5. The predicted octanol–water partition coefficient (Wildman–Crippen LogP) is 2.23. The Morgan fingerprint density at radius 2 is 2.05 bits per heavy atom. The van der Waals surface area contributed by atoms with Gasteiger partial charge < -0.3 is 20.0 Å². The summed E-state index contributed by atoms with van der Waals surface area (Å²) >= 11 is 0. The van der Waals surface area contributed by atoms with E-state index >= 15 is 0 Å². The number of nitrogens with one attached hydrogen (secondary N) is 1. The Kier molecular flexibility index (Phi) is 4.99. The van der Waals surface area contributed by atoms with Crippen LogP contribution in [0.5, 0.6) is 5.75 Å². The Balaban J connectivity index is 2.01. The van der Waals surface area contributed by atoms with Crippen molar-refractivity contribution in [1.82, 2.24) is 0 Å². The monoisotopic (exact) mass is 282 g/mol. The van der Waals surface area contributed by atoms with Gasteiger partial charge in [-0.2, -0.15) is 0 Å². The first-order chi connectivity index (χ1) is 10.2. The molecule has 0 spiro atoms. The highest BCUT2D eigenvalue weighted by Crippen LogP contribution is 2.16. The zero-order chi connectivity index (χ0) is 15.1. The molecule has 4 nitrogen and oxygen atoms in total. The van der Waals surface area contributed by atoms with Crippen LogP contribution in [0.3, 0.4) is 0 Å². The number of hydrogen-bond acceptors (Lipinski definition) is 4. The number of carboxylic acids is 1. The van der Waals surface area contributed by atoms with Crippen molar-refractivity contribution in [3.05, 3.63) is 72.3 Å². The highest BCUT2D eigenvalue weighted by atomic mass is 16.5. The summed E-state index contributed by atoms with van der Waals surface area (Å²) in [6.07, 6.45) is 1.69. The highest BCUT2D eigenvalue weighted by Gasteiger charge is 1.99. The molecular formula is C17H16NO3-. The number of carbonyl (C=O) groups is 1. The fraction of sp³-hybridized carbons (Fsp3) is 0.118. The van der Waals surface area contributed by atoms with Gasteiger partial charge in [-0.05, 0) is 35.4 Å². The fourth-order valence-electron chi connectivity index (χ4n) is 1.86. The second kappa shape index (κ2) is 7.14.